The molecule has 7 rings (SSSR count). The summed E-state index contributed by atoms with van der Waals surface area (Å²) in [7, 11) is 0.650. The molecule has 0 aliphatic carbocycles. The molecule has 0 radical (unpaired) electrons. The Morgan fingerprint density at radius 3 is 0.951 bits per heavy atom. The fourth-order valence-corrected chi connectivity index (χ4v) is 12.8. The summed E-state index contributed by atoms with van der Waals surface area (Å²) >= 11 is 0. The molecular weight excluding hydrogens is 1310 g/mol. The van der Waals surface area contributed by atoms with E-state index in [0.717, 1.165) is 11.0 Å². The maximum atomic E-state index is 14.1. The summed E-state index contributed by atoms with van der Waals surface area (Å²) in [6.07, 6.45) is 1.87. The maximum absolute atomic E-state index is 14.1. The normalized spacial score (nSPS) is 13.9. The standard InChI is InChI=1S/C30H43BN2O5.2C24H33BN2O5.CH4/c1-12-25(28(4,5)6)33(32-26(34)23-14-13-15-24(36-11)20(23)3)27(35)21-16-19(2)17-22(18-21)31-37-29(7,8)30(9,10)38-31;2*1-8-21(24(4,5)6)27(23(29)17-12-15(2)13-18(14-17)25(30)31)26-22(28)19-10-9-11-20(32-7)16(19)3;/h13-18,25H,12H2,1-11H3,(H,32,34);2*9-14,21,30-31H,8H2,1-7H3,(H,26,28);1H4/t25-;2*21-;/m111./s1. The van der Waals surface area contributed by atoms with Gasteiger partial charge in [-0.25, -0.2) is 15.0 Å². The number of amides is 6. The molecule has 1 aliphatic rings. The van der Waals surface area contributed by atoms with Crippen molar-refractivity contribution in [1.82, 2.24) is 31.3 Å². The highest BCUT2D eigenvalue weighted by Crippen LogP contribution is 2.38. The first-order valence-electron chi connectivity index (χ1n) is 34.6. The van der Waals surface area contributed by atoms with E-state index in [1.54, 1.807) is 108 Å². The quantitative estimate of drug-likeness (QED) is 0.0311. The fraction of sp³-hybridized carbons (Fsp3) is 0.468. The topological polar surface area (TPSA) is 275 Å². The molecule has 0 saturated carbocycles. The smallest absolute Gasteiger partial charge is 0.494 e. The summed E-state index contributed by atoms with van der Waals surface area (Å²) in [6.45, 7) is 43.0. The average molecular weight is 1420 g/mol. The van der Waals surface area contributed by atoms with Crippen molar-refractivity contribution in [3.63, 3.8) is 0 Å². The van der Waals surface area contributed by atoms with E-state index in [1.807, 2.05) is 128 Å². The van der Waals surface area contributed by atoms with Gasteiger partial charge >= 0.3 is 21.4 Å². The third-order valence-corrected chi connectivity index (χ3v) is 18.8. The number of ether oxygens (including phenoxy) is 3. The zero-order valence-corrected chi connectivity index (χ0v) is 64.6. The molecular formula is C79H113B3N6O15. The van der Waals surface area contributed by atoms with Crippen molar-refractivity contribution < 1.29 is 72.4 Å². The van der Waals surface area contributed by atoms with Crippen molar-refractivity contribution in [3.8, 4) is 17.2 Å². The van der Waals surface area contributed by atoms with Crippen molar-refractivity contribution in [2.75, 3.05) is 21.3 Å². The Hall–Kier alpha value is -8.51. The fourth-order valence-electron chi connectivity index (χ4n) is 12.8. The Morgan fingerprint density at radius 2 is 0.709 bits per heavy atom. The second-order valence-electron chi connectivity index (χ2n) is 30.3. The van der Waals surface area contributed by atoms with Crippen molar-refractivity contribution in [2.45, 2.75) is 208 Å². The molecule has 0 bridgehead atoms. The van der Waals surface area contributed by atoms with Gasteiger partial charge in [0.05, 0.1) is 50.7 Å². The average Bonchev–Trinajstić information content (AvgIpc) is 1.59. The summed E-state index contributed by atoms with van der Waals surface area (Å²) in [5, 5.41) is 42.6. The van der Waals surface area contributed by atoms with Crippen molar-refractivity contribution in [2.24, 2.45) is 16.2 Å². The first-order valence-corrected chi connectivity index (χ1v) is 34.6. The number of carbonyl (C=O) groups excluding carboxylic acids is 6. The van der Waals surface area contributed by atoms with Gasteiger partial charge < -0.3 is 43.6 Å². The molecule has 558 valence electrons. The van der Waals surface area contributed by atoms with Gasteiger partial charge in [0.1, 0.15) is 17.2 Å². The van der Waals surface area contributed by atoms with Gasteiger partial charge in [-0.1, -0.05) is 144 Å². The van der Waals surface area contributed by atoms with Crippen LogP contribution in [0.15, 0.2) is 109 Å². The van der Waals surface area contributed by atoms with Crippen LogP contribution in [0.25, 0.3) is 0 Å². The predicted octanol–water partition coefficient (Wildman–Crippen LogP) is 11.1. The lowest BCUT2D eigenvalue weighted by molar-refractivity contribution is 0.00578. The molecule has 1 aliphatic heterocycles. The van der Waals surface area contributed by atoms with E-state index >= 15 is 0 Å². The van der Waals surface area contributed by atoms with Crippen LogP contribution in [0.2, 0.25) is 0 Å². The lowest BCUT2D eigenvalue weighted by Crippen LogP contribution is -2.56. The van der Waals surface area contributed by atoms with Crippen molar-refractivity contribution in [3.05, 3.63) is 176 Å². The minimum Gasteiger partial charge on any atom is -0.496 e. The second-order valence-corrected chi connectivity index (χ2v) is 30.3. The molecule has 1 saturated heterocycles. The largest absolute Gasteiger partial charge is 0.496 e. The minimum absolute atomic E-state index is 0. The zero-order chi connectivity index (χ0) is 77.1. The van der Waals surface area contributed by atoms with Gasteiger partial charge in [-0.3, -0.25) is 45.0 Å². The summed E-state index contributed by atoms with van der Waals surface area (Å²) in [6, 6.07) is 29.8. The minimum atomic E-state index is -1.70. The van der Waals surface area contributed by atoms with E-state index in [0.29, 0.717) is 86.6 Å². The molecule has 6 aromatic rings. The number of hydrazine groups is 3. The highest BCUT2D eigenvalue weighted by molar-refractivity contribution is 6.62. The van der Waals surface area contributed by atoms with Crippen LogP contribution in [0.1, 0.15) is 233 Å². The van der Waals surface area contributed by atoms with Crippen LogP contribution in [0, 0.1) is 57.8 Å². The van der Waals surface area contributed by atoms with E-state index in [4.69, 9.17) is 23.5 Å². The lowest BCUT2D eigenvalue weighted by Gasteiger charge is -2.39. The Labute approximate surface area is 613 Å². The predicted molar refractivity (Wildman–Crippen MR) is 410 cm³/mol. The van der Waals surface area contributed by atoms with Gasteiger partial charge in [0.2, 0.25) is 0 Å². The third kappa shape index (κ3) is 21.6. The number of carbonyl (C=O) groups is 6. The van der Waals surface area contributed by atoms with Gasteiger partial charge in [0, 0.05) is 50.1 Å². The Morgan fingerprint density at radius 1 is 0.447 bits per heavy atom. The molecule has 0 aromatic heterocycles. The molecule has 103 heavy (non-hydrogen) atoms. The molecule has 1 fully saturated rings. The maximum Gasteiger partial charge on any atom is 0.494 e. The summed E-state index contributed by atoms with van der Waals surface area (Å²) < 4.78 is 28.5. The number of hydrogen-bond donors (Lipinski definition) is 7. The van der Waals surface area contributed by atoms with Crippen LogP contribution in [-0.4, -0.2) is 143 Å². The van der Waals surface area contributed by atoms with E-state index in [2.05, 4.69) is 37.0 Å². The van der Waals surface area contributed by atoms with Crippen LogP contribution in [-0.2, 0) is 9.31 Å². The van der Waals surface area contributed by atoms with Crippen molar-refractivity contribution >= 4 is 73.2 Å². The summed E-state index contributed by atoms with van der Waals surface area (Å²) in [4.78, 5) is 81.3. The Kier molecular flexibility index (Phi) is 30.2. The molecule has 0 unspecified atom stereocenters. The van der Waals surface area contributed by atoms with Gasteiger partial charge in [-0.15, -0.1) is 0 Å². The number of benzene rings is 6. The van der Waals surface area contributed by atoms with E-state index in [1.165, 1.54) is 41.4 Å². The number of nitrogens with zero attached hydrogens (tertiary/aromatic N) is 3. The second kappa shape index (κ2) is 35.8. The van der Waals surface area contributed by atoms with Crippen molar-refractivity contribution in [1.29, 1.82) is 0 Å². The highest BCUT2D eigenvalue weighted by Gasteiger charge is 2.52. The van der Waals surface area contributed by atoms with Crippen LogP contribution in [0.3, 0.4) is 0 Å². The molecule has 24 heteroatoms. The third-order valence-electron chi connectivity index (χ3n) is 18.8. The first kappa shape index (κ1) is 86.9. The lowest BCUT2D eigenvalue weighted by atomic mass is 9.77. The SMILES string of the molecule is C.CC[C@@H](N(NC(=O)c1cccc(OC)c1C)C(=O)c1cc(C)cc(B(O)O)c1)C(C)(C)C.CC[C@@H](N(NC(=O)c1cccc(OC)c1C)C(=O)c1cc(C)cc(B(O)O)c1)C(C)(C)C.CC[C@@H](N(NC(=O)c1cccc(OC)c1C)C(=O)c1cc(C)cc(B2OC(C)(C)C(C)(C)O2)c1)C(C)(C)C. The number of rotatable bonds is 18. The number of methoxy groups -OCH3 is 3. The Balaban J connectivity index is 0.000000328. The molecule has 6 aromatic carbocycles. The monoisotopic (exact) mass is 1420 g/mol. The Bertz CT molecular complexity index is 3800. The summed E-state index contributed by atoms with van der Waals surface area (Å²) in [5.74, 6) is -0.572. The molecule has 3 atom stereocenters. The number of nitrogens with one attached hydrogen (secondary N) is 3. The number of hydrogen-bond acceptors (Lipinski definition) is 15. The van der Waals surface area contributed by atoms with Gasteiger partial charge in [-0.05, 0) is 194 Å². The van der Waals surface area contributed by atoms with Crippen LogP contribution in [0.4, 0.5) is 0 Å². The van der Waals surface area contributed by atoms with Gasteiger partial charge in [0.15, 0.2) is 0 Å². The van der Waals surface area contributed by atoms with Crippen LogP contribution in [0.5, 0.6) is 17.2 Å². The van der Waals surface area contributed by atoms with E-state index < -0.39 is 56.2 Å². The van der Waals surface area contributed by atoms with Gasteiger partial charge in [-0.2, -0.15) is 0 Å². The van der Waals surface area contributed by atoms with E-state index in [-0.39, 0.29) is 75.7 Å². The molecule has 1 heterocycles. The summed E-state index contributed by atoms with van der Waals surface area (Å²) in [5.41, 5.74) is 14.4. The zero-order valence-electron chi connectivity index (χ0n) is 64.6. The van der Waals surface area contributed by atoms with Crippen LogP contribution < -0.4 is 46.9 Å². The molecule has 7 N–H and O–H groups in total. The number of aryl methyl sites for hydroxylation is 3. The molecule has 0 spiro atoms. The first-order chi connectivity index (χ1) is 47.3. The molecule has 21 nitrogen and oxygen atoms in total. The van der Waals surface area contributed by atoms with Crippen LogP contribution >= 0.6 is 0 Å². The van der Waals surface area contributed by atoms with E-state index in [9.17, 15) is 48.9 Å². The molecule has 6 amide bonds. The highest BCUT2D eigenvalue weighted by atomic mass is 16.7. The van der Waals surface area contributed by atoms with Gasteiger partial charge in [0.25, 0.3) is 35.4 Å².